The van der Waals surface area contributed by atoms with Crippen molar-refractivity contribution in [3.8, 4) is 0 Å². The Balaban J connectivity index is 1.65. The van der Waals surface area contributed by atoms with Crippen LogP contribution in [0.2, 0.25) is 0 Å². The van der Waals surface area contributed by atoms with Crippen molar-refractivity contribution in [1.29, 1.82) is 0 Å². The molecule has 2 heterocycles. The van der Waals surface area contributed by atoms with Crippen LogP contribution >= 0.6 is 12.2 Å². The second-order valence-electron chi connectivity index (χ2n) is 5.77. The standard InChI is InChI=1S/C17H19N7O2S2/c1-3-24-11-15(12(2)22-24)21-17(27)20-13-5-7-14(8-6-13)28(25,26)23-16-18-9-4-10-19-16/h4-11H,3H2,1-2H3,(H,18,19,23)(H2,20,21,27). The first-order valence-electron chi connectivity index (χ1n) is 8.39. The fourth-order valence-corrected chi connectivity index (χ4v) is 3.52. The first-order chi connectivity index (χ1) is 13.4. The summed E-state index contributed by atoms with van der Waals surface area (Å²) in [4.78, 5) is 7.80. The van der Waals surface area contributed by atoms with Gasteiger partial charge in [-0.25, -0.2) is 23.1 Å². The number of rotatable bonds is 6. The van der Waals surface area contributed by atoms with Gasteiger partial charge in [0.15, 0.2) is 5.11 Å². The van der Waals surface area contributed by atoms with Gasteiger partial charge in [-0.3, -0.25) is 4.68 Å². The van der Waals surface area contributed by atoms with E-state index in [1.165, 1.54) is 24.5 Å². The number of nitrogens with one attached hydrogen (secondary N) is 3. The smallest absolute Gasteiger partial charge is 0.264 e. The number of hydrogen-bond donors (Lipinski definition) is 3. The Morgan fingerprint density at radius 1 is 1.14 bits per heavy atom. The summed E-state index contributed by atoms with van der Waals surface area (Å²) in [5, 5.41) is 10.8. The molecule has 0 fully saturated rings. The quantitative estimate of drug-likeness (QED) is 0.525. The summed E-state index contributed by atoms with van der Waals surface area (Å²) in [6.07, 6.45) is 4.78. The highest BCUT2D eigenvalue weighted by atomic mass is 32.2. The van der Waals surface area contributed by atoms with Gasteiger partial charge >= 0.3 is 0 Å². The molecule has 0 atom stereocenters. The minimum Gasteiger partial charge on any atom is -0.332 e. The summed E-state index contributed by atoms with van der Waals surface area (Å²) in [5.74, 6) is 0.0121. The maximum Gasteiger partial charge on any atom is 0.264 e. The second kappa shape index (κ2) is 8.31. The molecule has 0 unspecified atom stereocenters. The fraction of sp³-hybridized carbons (Fsp3) is 0.176. The van der Waals surface area contributed by atoms with Crippen LogP contribution in [0, 0.1) is 6.92 Å². The molecule has 146 valence electrons. The molecular weight excluding hydrogens is 398 g/mol. The first-order valence-corrected chi connectivity index (χ1v) is 10.3. The molecule has 0 aliphatic carbocycles. The van der Waals surface area contributed by atoms with E-state index in [-0.39, 0.29) is 10.8 Å². The third-order valence-electron chi connectivity index (χ3n) is 3.73. The Morgan fingerprint density at radius 2 is 1.82 bits per heavy atom. The summed E-state index contributed by atoms with van der Waals surface area (Å²) in [6.45, 7) is 4.65. The summed E-state index contributed by atoms with van der Waals surface area (Å²) in [5.41, 5.74) is 2.29. The van der Waals surface area contributed by atoms with Crippen LogP contribution in [0.1, 0.15) is 12.6 Å². The summed E-state index contributed by atoms with van der Waals surface area (Å²) in [7, 11) is -3.78. The molecule has 0 aliphatic rings. The molecule has 0 spiro atoms. The van der Waals surface area contributed by atoms with Crippen molar-refractivity contribution in [2.75, 3.05) is 15.4 Å². The largest absolute Gasteiger partial charge is 0.332 e. The van der Waals surface area contributed by atoms with Gasteiger partial charge in [0.1, 0.15) is 0 Å². The molecule has 0 saturated carbocycles. The summed E-state index contributed by atoms with van der Waals surface area (Å²) < 4.78 is 28.9. The Morgan fingerprint density at radius 3 is 2.43 bits per heavy atom. The zero-order valence-electron chi connectivity index (χ0n) is 15.2. The van der Waals surface area contributed by atoms with Crippen molar-refractivity contribution in [1.82, 2.24) is 19.7 Å². The molecule has 11 heteroatoms. The molecule has 0 saturated heterocycles. The van der Waals surface area contributed by atoms with Crippen molar-refractivity contribution in [3.63, 3.8) is 0 Å². The zero-order valence-corrected chi connectivity index (χ0v) is 16.9. The number of aromatic nitrogens is 4. The lowest BCUT2D eigenvalue weighted by Gasteiger charge is -2.11. The van der Waals surface area contributed by atoms with Gasteiger partial charge in [-0.05, 0) is 56.4 Å². The van der Waals surface area contributed by atoms with Crippen molar-refractivity contribution < 1.29 is 8.42 Å². The number of benzene rings is 1. The Labute approximate surface area is 168 Å². The van der Waals surface area contributed by atoms with Crippen molar-refractivity contribution in [3.05, 3.63) is 54.6 Å². The number of nitrogens with zero attached hydrogens (tertiary/aromatic N) is 4. The van der Waals surface area contributed by atoms with Crippen LogP contribution in [-0.4, -0.2) is 33.3 Å². The van der Waals surface area contributed by atoms with Gasteiger partial charge in [0.25, 0.3) is 10.0 Å². The Hall–Kier alpha value is -3.05. The van der Waals surface area contributed by atoms with E-state index in [1.54, 1.807) is 18.2 Å². The van der Waals surface area contributed by atoms with Crippen LogP contribution < -0.4 is 15.4 Å². The first kappa shape index (κ1) is 19.7. The molecular formula is C17H19N7O2S2. The molecule has 3 aromatic rings. The van der Waals surface area contributed by atoms with E-state index in [0.717, 1.165) is 17.9 Å². The lowest BCUT2D eigenvalue weighted by atomic mass is 10.3. The van der Waals surface area contributed by atoms with Gasteiger partial charge in [0.2, 0.25) is 5.95 Å². The Bertz CT molecular complexity index is 1060. The highest BCUT2D eigenvalue weighted by Gasteiger charge is 2.15. The number of sulfonamides is 1. The van der Waals surface area contributed by atoms with E-state index in [1.807, 2.05) is 24.7 Å². The molecule has 1 aromatic carbocycles. The molecule has 3 rings (SSSR count). The number of hydrogen-bond acceptors (Lipinski definition) is 6. The molecule has 0 aliphatic heterocycles. The van der Waals surface area contributed by atoms with Crippen molar-refractivity contribution >= 4 is 44.7 Å². The lowest BCUT2D eigenvalue weighted by Crippen LogP contribution is -2.19. The van der Waals surface area contributed by atoms with Crippen LogP contribution in [0.3, 0.4) is 0 Å². The van der Waals surface area contributed by atoms with Gasteiger partial charge in [-0.1, -0.05) is 0 Å². The summed E-state index contributed by atoms with van der Waals surface area (Å²) in [6, 6.07) is 7.78. The average Bonchev–Trinajstić information content (AvgIpc) is 3.02. The topological polar surface area (TPSA) is 114 Å². The van der Waals surface area contributed by atoms with E-state index >= 15 is 0 Å². The lowest BCUT2D eigenvalue weighted by molar-refractivity contribution is 0.601. The maximum absolute atomic E-state index is 12.4. The SMILES string of the molecule is CCn1cc(NC(=S)Nc2ccc(S(=O)(=O)Nc3ncccn3)cc2)c(C)n1. The molecule has 0 bridgehead atoms. The van der Waals surface area contributed by atoms with Crippen molar-refractivity contribution in [2.24, 2.45) is 0 Å². The van der Waals surface area contributed by atoms with Gasteiger partial charge in [0, 0.05) is 30.8 Å². The number of anilines is 3. The fourth-order valence-electron chi connectivity index (χ4n) is 2.34. The maximum atomic E-state index is 12.4. The van der Waals surface area contributed by atoms with Crippen LogP contribution in [-0.2, 0) is 16.6 Å². The predicted molar refractivity (Wildman–Crippen MR) is 112 cm³/mol. The van der Waals surface area contributed by atoms with Gasteiger partial charge in [-0.2, -0.15) is 5.10 Å². The van der Waals surface area contributed by atoms with Crippen LogP contribution in [0.15, 0.2) is 53.8 Å². The van der Waals surface area contributed by atoms with Crippen LogP contribution in [0.25, 0.3) is 0 Å². The number of aryl methyl sites for hydroxylation is 2. The minimum absolute atomic E-state index is 0.0121. The van der Waals surface area contributed by atoms with E-state index in [0.29, 0.717) is 10.8 Å². The predicted octanol–water partition coefficient (Wildman–Crippen LogP) is 2.61. The molecule has 28 heavy (non-hydrogen) atoms. The number of thiocarbonyl (C=S) groups is 1. The monoisotopic (exact) mass is 417 g/mol. The molecule has 0 radical (unpaired) electrons. The van der Waals surface area contributed by atoms with Crippen molar-refractivity contribution in [2.45, 2.75) is 25.3 Å². The third-order valence-corrected chi connectivity index (χ3v) is 5.28. The highest BCUT2D eigenvalue weighted by Crippen LogP contribution is 2.17. The molecule has 9 nitrogen and oxygen atoms in total. The minimum atomic E-state index is -3.78. The third kappa shape index (κ3) is 4.81. The molecule has 0 amide bonds. The summed E-state index contributed by atoms with van der Waals surface area (Å²) >= 11 is 5.31. The van der Waals surface area contributed by atoms with E-state index in [4.69, 9.17) is 12.2 Å². The van der Waals surface area contributed by atoms with Gasteiger partial charge in [-0.15, -0.1) is 0 Å². The highest BCUT2D eigenvalue weighted by molar-refractivity contribution is 7.92. The second-order valence-corrected chi connectivity index (χ2v) is 7.86. The van der Waals surface area contributed by atoms with Gasteiger partial charge < -0.3 is 10.6 Å². The van der Waals surface area contributed by atoms with E-state index < -0.39 is 10.0 Å². The van der Waals surface area contributed by atoms with Crippen LogP contribution in [0.5, 0.6) is 0 Å². The Kier molecular flexibility index (Phi) is 5.85. The van der Waals surface area contributed by atoms with E-state index in [9.17, 15) is 8.42 Å². The van der Waals surface area contributed by atoms with Gasteiger partial charge in [0.05, 0.1) is 16.3 Å². The molecule has 2 aromatic heterocycles. The molecule has 3 N–H and O–H groups in total. The zero-order chi connectivity index (χ0) is 20.1. The average molecular weight is 418 g/mol. The van der Waals surface area contributed by atoms with E-state index in [2.05, 4.69) is 30.4 Å². The normalized spacial score (nSPS) is 11.1. The van der Waals surface area contributed by atoms with Crippen LogP contribution in [0.4, 0.5) is 17.3 Å².